The summed E-state index contributed by atoms with van der Waals surface area (Å²) in [4.78, 5) is 19.4. The van der Waals surface area contributed by atoms with Gasteiger partial charge in [-0.1, -0.05) is 31.5 Å². The molecule has 0 amide bonds. The zero-order chi connectivity index (χ0) is 22.9. The molecule has 3 atom stereocenters. The number of aromatic nitrogens is 3. The van der Waals surface area contributed by atoms with Crippen LogP contribution in [0.5, 0.6) is 6.01 Å². The topological polar surface area (TPSA) is 114 Å². The first-order chi connectivity index (χ1) is 14.6. The number of rotatable bonds is 8. The third kappa shape index (κ3) is 4.47. The van der Waals surface area contributed by atoms with Gasteiger partial charge in [0.25, 0.3) is 6.01 Å². The molecule has 3 aromatic rings. The fourth-order valence-corrected chi connectivity index (χ4v) is 3.94. The van der Waals surface area contributed by atoms with Gasteiger partial charge in [0.2, 0.25) is 0 Å². The van der Waals surface area contributed by atoms with Crippen molar-refractivity contribution in [3.8, 4) is 17.1 Å². The molecule has 0 bridgehead atoms. The summed E-state index contributed by atoms with van der Waals surface area (Å²) in [5.41, 5.74) is 6.98. The summed E-state index contributed by atoms with van der Waals surface area (Å²) in [7, 11) is 0. The fourth-order valence-electron chi connectivity index (χ4n) is 3.69. The highest BCUT2D eigenvalue weighted by atomic mass is 35.5. The largest absolute Gasteiger partial charge is 0.480 e. The zero-order valence-electron chi connectivity index (χ0n) is 17.0. The normalized spacial score (nSPS) is 14.5. The van der Waals surface area contributed by atoms with Gasteiger partial charge in [-0.15, -0.1) is 0 Å². The van der Waals surface area contributed by atoms with E-state index in [2.05, 4.69) is 9.97 Å². The Morgan fingerprint density at radius 2 is 2.00 bits per heavy atom. The number of aliphatic carboxylic acids is 1. The third-order valence-corrected chi connectivity index (χ3v) is 5.83. The van der Waals surface area contributed by atoms with Crippen LogP contribution < -0.4 is 5.73 Å². The molecule has 4 N–H and O–H groups in total. The average Bonchev–Trinajstić information content (AvgIpc) is 3.06. The number of nitrogens with two attached hydrogens (primary N) is 1. The third-order valence-electron chi connectivity index (χ3n) is 5.55. The molecule has 10 heteroatoms. The molecule has 2 aromatic heterocycles. The number of aromatic hydroxyl groups is 1. The van der Waals surface area contributed by atoms with Gasteiger partial charge >= 0.3 is 5.97 Å². The molecule has 2 heterocycles. The van der Waals surface area contributed by atoms with Gasteiger partial charge in [0.1, 0.15) is 11.6 Å². The monoisotopic (exact) mass is 452 g/mol. The summed E-state index contributed by atoms with van der Waals surface area (Å²) >= 11 is 6.38. The van der Waals surface area contributed by atoms with Crippen LogP contribution in [0.25, 0.3) is 22.3 Å². The number of carbonyl (C=O) groups is 1. The van der Waals surface area contributed by atoms with E-state index >= 15 is 0 Å². The van der Waals surface area contributed by atoms with E-state index in [4.69, 9.17) is 22.4 Å². The first-order valence-electron chi connectivity index (χ1n) is 9.84. The molecule has 0 aliphatic heterocycles. The van der Waals surface area contributed by atoms with E-state index in [-0.39, 0.29) is 28.6 Å². The van der Waals surface area contributed by atoms with Gasteiger partial charge in [-0.25, -0.2) is 13.8 Å². The molecule has 0 spiro atoms. The summed E-state index contributed by atoms with van der Waals surface area (Å²) < 4.78 is 28.9. The number of carboxylic acids is 1. The molecule has 31 heavy (non-hydrogen) atoms. The van der Waals surface area contributed by atoms with Crippen molar-refractivity contribution in [3.63, 3.8) is 0 Å². The minimum Gasteiger partial charge on any atom is -0.480 e. The van der Waals surface area contributed by atoms with Crippen molar-refractivity contribution in [1.29, 1.82) is 0 Å². The van der Waals surface area contributed by atoms with Crippen LogP contribution in [-0.4, -0.2) is 36.8 Å². The van der Waals surface area contributed by atoms with E-state index in [1.54, 1.807) is 11.5 Å². The van der Waals surface area contributed by atoms with Crippen molar-refractivity contribution in [3.05, 3.63) is 41.1 Å². The summed E-state index contributed by atoms with van der Waals surface area (Å²) in [6.45, 7) is 3.66. The van der Waals surface area contributed by atoms with E-state index in [0.717, 1.165) is 12.1 Å². The van der Waals surface area contributed by atoms with Crippen molar-refractivity contribution < 1.29 is 23.8 Å². The second-order valence-corrected chi connectivity index (χ2v) is 7.95. The van der Waals surface area contributed by atoms with Crippen molar-refractivity contribution in [2.75, 3.05) is 0 Å². The molecule has 7 nitrogen and oxygen atoms in total. The molecule has 0 aliphatic carbocycles. The van der Waals surface area contributed by atoms with Crippen LogP contribution in [0.2, 0.25) is 5.02 Å². The van der Waals surface area contributed by atoms with Gasteiger partial charge in [0.05, 0.1) is 5.02 Å². The molecule has 2 unspecified atom stereocenters. The first-order valence-corrected chi connectivity index (χ1v) is 10.2. The van der Waals surface area contributed by atoms with Crippen LogP contribution in [0.4, 0.5) is 8.78 Å². The van der Waals surface area contributed by atoms with E-state index in [1.807, 2.05) is 6.92 Å². The van der Waals surface area contributed by atoms with Gasteiger partial charge in [-0.05, 0) is 42.9 Å². The lowest BCUT2D eigenvalue weighted by atomic mass is 9.94. The Morgan fingerprint density at radius 3 is 2.61 bits per heavy atom. The van der Waals surface area contributed by atoms with Gasteiger partial charge in [-0.2, -0.15) is 4.98 Å². The Balaban J connectivity index is 2.09. The maximum atomic E-state index is 13.9. The second-order valence-electron chi connectivity index (χ2n) is 7.54. The molecule has 1 aromatic carbocycles. The van der Waals surface area contributed by atoms with Crippen molar-refractivity contribution in [2.45, 2.75) is 45.2 Å². The number of hydrogen-bond acceptors (Lipinski definition) is 5. The smallest absolute Gasteiger partial charge is 0.320 e. The number of imidazole rings is 1. The molecular weight excluding hydrogens is 430 g/mol. The minimum atomic E-state index is -1.08. The van der Waals surface area contributed by atoms with Crippen LogP contribution in [0, 0.1) is 17.6 Å². The standard InChI is InChI=1S/C21H23ClF2N4O3/c1-3-12(6-4-10(2)17(25)20(29)30)28-18-16(11-5-7-14(23)15(24)8-11)13(22)9-26-19(18)27-21(28)31/h5,7-10,12,17H,3-4,6,25H2,1-2H3,(H,29,30)(H,26,27,31)/t10?,12?,17-/m0/s1. The number of benzene rings is 1. The zero-order valence-corrected chi connectivity index (χ0v) is 17.8. The summed E-state index contributed by atoms with van der Waals surface area (Å²) in [5.74, 6) is -3.39. The Morgan fingerprint density at radius 1 is 1.29 bits per heavy atom. The molecule has 0 fully saturated rings. The maximum Gasteiger partial charge on any atom is 0.320 e. The van der Waals surface area contributed by atoms with E-state index < -0.39 is 23.6 Å². The predicted octanol–water partition coefficient (Wildman–Crippen LogP) is 4.51. The van der Waals surface area contributed by atoms with Gasteiger partial charge < -0.3 is 15.9 Å². The van der Waals surface area contributed by atoms with Crippen LogP contribution >= 0.6 is 11.6 Å². The lowest BCUT2D eigenvalue weighted by molar-refractivity contribution is -0.139. The van der Waals surface area contributed by atoms with Crippen LogP contribution in [0.15, 0.2) is 24.4 Å². The lowest BCUT2D eigenvalue weighted by Gasteiger charge is -2.23. The SMILES string of the molecule is CCC(CCC(C)[C@H](N)C(=O)O)n1c(O)nc2ncc(Cl)c(-c3ccc(F)c(F)c3)c21. The Labute approximate surface area is 182 Å². The Bertz CT molecular complexity index is 1120. The average molecular weight is 453 g/mol. The minimum absolute atomic E-state index is 0.191. The summed E-state index contributed by atoms with van der Waals surface area (Å²) in [5, 5.41) is 19.9. The van der Waals surface area contributed by atoms with Crippen molar-refractivity contribution >= 4 is 28.7 Å². The highest BCUT2D eigenvalue weighted by Gasteiger charge is 2.26. The van der Waals surface area contributed by atoms with Crippen LogP contribution in [0.1, 0.15) is 39.2 Å². The molecule has 3 rings (SSSR count). The quantitative estimate of drug-likeness (QED) is 0.463. The first kappa shape index (κ1) is 22.9. The van der Waals surface area contributed by atoms with Gasteiger partial charge in [0, 0.05) is 17.8 Å². The molecular formula is C21H23ClF2N4O3. The number of carboxylic acid groups (broad SMARTS) is 1. The van der Waals surface area contributed by atoms with E-state index in [0.29, 0.717) is 35.9 Å². The molecule has 0 radical (unpaired) electrons. The number of fused-ring (bicyclic) bond motifs is 1. The van der Waals surface area contributed by atoms with E-state index in [9.17, 15) is 18.7 Å². The number of nitrogens with zero attached hydrogens (tertiary/aromatic N) is 3. The maximum absolute atomic E-state index is 13.9. The molecule has 0 aliphatic rings. The highest BCUT2D eigenvalue weighted by Crippen LogP contribution is 2.39. The molecule has 0 saturated carbocycles. The van der Waals surface area contributed by atoms with Crippen LogP contribution in [-0.2, 0) is 4.79 Å². The number of hydrogen-bond donors (Lipinski definition) is 3. The summed E-state index contributed by atoms with van der Waals surface area (Å²) in [6.07, 6.45) is 2.91. The molecule has 0 saturated heterocycles. The number of halogens is 3. The number of pyridine rings is 1. The van der Waals surface area contributed by atoms with Gasteiger partial charge in [-0.3, -0.25) is 9.36 Å². The predicted molar refractivity (Wildman–Crippen MR) is 113 cm³/mol. The lowest BCUT2D eigenvalue weighted by Crippen LogP contribution is -2.36. The highest BCUT2D eigenvalue weighted by molar-refractivity contribution is 6.34. The summed E-state index contributed by atoms with van der Waals surface area (Å²) in [6, 6.07) is 1.84. The van der Waals surface area contributed by atoms with Crippen LogP contribution in [0.3, 0.4) is 0 Å². The Kier molecular flexibility index (Phi) is 6.76. The van der Waals surface area contributed by atoms with Crippen molar-refractivity contribution in [1.82, 2.24) is 14.5 Å². The van der Waals surface area contributed by atoms with Gasteiger partial charge in [0.15, 0.2) is 17.3 Å². The fraction of sp³-hybridized carbons (Fsp3) is 0.381. The Hall–Kier alpha value is -2.78. The van der Waals surface area contributed by atoms with E-state index in [1.165, 1.54) is 12.3 Å². The van der Waals surface area contributed by atoms with Crippen molar-refractivity contribution in [2.24, 2.45) is 11.7 Å². The second kappa shape index (κ2) is 9.15. The molecule has 166 valence electrons.